The Balaban J connectivity index is 0.00000243. The standard InChI is InChI=1S/C17H14F3N3O2.HI/c18-17(19,20)25-13-7-5-12(6-8-13)23-16(21)22-10-14-9-11-3-1-2-4-15(11)24-14;/h1-9H,10H2,(H3,21,22,23);1H. The number of hydrogen-bond donors (Lipinski definition) is 2. The number of nitrogens with one attached hydrogen (secondary N) is 1. The number of aliphatic imine (C=N–C) groups is 1. The van der Waals surface area contributed by atoms with Crippen molar-refractivity contribution in [3.63, 3.8) is 0 Å². The zero-order valence-electron chi connectivity index (χ0n) is 13.3. The molecule has 0 fully saturated rings. The molecule has 0 saturated heterocycles. The van der Waals surface area contributed by atoms with E-state index >= 15 is 0 Å². The van der Waals surface area contributed by atoms with Crippen molar-refractivity contribution in [3.8, 4) is 5.75 Å². The molecular weight excluding hydrogens is 462 g/mol. The lowest BCUT2D eigenvalue weighted by atomic mass is 10.2. The molecule has 9 heteroatoms. The number of alkyl halides is 3. The van der Waals surface area contributed by atoms with E-state index in [0.29, 0.717) is 11.4 Å². The minimum absolute atomic E-state index is 0. The van der Waals surface area contributed by atoms with Crippen LogP contribution in [0, 0.1) is 0 Å². The second kappa shape index (κ2) is 8.30. The van der Waals surface area contributed by atoms with Crippen molar-refractivity contribution in [1.82, 2.24) is 0 Å². The summed E-state index contributed by atoms with van der Waals surface area (Å²) in [6.07, 6.45) is -4.72. The molecule has 3 N–H and O–H groups in total. The number of guanidine groups is 1. The van der Waals surface area contributed by atoms with Crippen LogP contribution in [0.1, 0.15) is 5.76 Å². The molecule has 0 unspecified atom stereocenters. The van der Waals surface area contributed by atoms with Crippen LogP contribution in [-0.2, 0) is 6.54 Å². The van der Waals surface area contributed by atoms with Gasteiger partial charge in [0.05, 0.1) is 0 Å². The second-order valence-corrected chi connectivity index (χ2v) is 5.15. The fourth-order valence-electron chi connectivity index (χ4n) is 2.21. The van der Waals surface area contributed by atoms with Crippen LogP contribution >= 0.6 is 24.0 Å². The first-order valence-corrected chi connectivity index (χ1v) is 7.29. The third-order valence-electron chi connectivity index (χ3n) is 3.24. The molecule has 3 aromatic rings. The van der Waals surface area contributed by atoms with E-state index in [2.05, 4.69) is 15.0 Å². The van der Waals surface area contributed by atoms with Crippen molar-refractivity contribution >= 4 is 46.6 Å². The number of rotatable bonds is 4. The van der Waals surface area contributed by atoms with Crippen molar-refractivity contribution in [2.45, 2.75) is 12.9 Å². The number of para-hydroxylation sites is 1. The van der Waals surface area contributed by atoms with E-state index in [4.69, 9.17) is 10.2 Å². The molecule has 26 heavy (non-hydrogen) atoms. The number of ether oxygens (including phenoxy) is 1. The molecule has 138 valence electrons. The number of fused-ring (bicyclic) bond motifs is 1. The molecule has 0 amide bonds. The van der Waals surface area contributed by atoms with Gasteiger partial charge in [-0.3, -0.25) is 0 Å². The van der Waals surface area contributed by atoms with Gasteiger partial charge in [0.15, 0.2) is 5.96 Å². The molecule has 1 heterocycles. The predicted octanol–water partition coefficient (Wildman–Crippen LogP) is 4.88. The lowest BCUT2D eigenvalue weighted by molar-refractivity contribution is -0.274. The highest BCUT2D eigenvalue weighted by molar-refractivity contribution is 14.0. The molecule has 5 nitrogen and oxygen atoms in total. The summed E-state index contributed by atoms with van der Waals surface area (Å²) in [6, 6.07) is 14.6. The maximum absolute atomic E-state index is 12.1. The van der Waals surface area contributed by atoms with Crippen LogP contribution < -0.4 is 15.8 Å². The number of nitrogens with two attached hydrogens (primary N) is 1. The Kier molecular flexibility index (Phi) is 6.35. The summed E-state index contributed by atoms with van der Waals surface area (Å²) in [5.41, 5.74) is 7.02. The van der Waals surface area contributed by atoms with Crippen molar-refractivity contribution in [1.29, 1.82) is 0 Å². The summed E-state index contributed by atoms with van der Waals surface area (Å²) in [6.45, 7) is 0.239. The van der Waals surface area contributed by atoms with Gasteiger partial charge < -0.3 is 20.2 Å². The predicted molar refractivity (Wildman–Crippen MR) is 104 cm³/mol. The minimum atomic E-state index is -4.72. The molecule has 1 aromatic heterocycles. The van der Waals surface area contributed by atoms with E-state index in [1.807, 2.05) is 30.3 Å². The molecule has 0 aliphatic heterocycles. The highest BCUT2D eigenvalue weighted by Gasteiger charge is 2.30. The van der Waals surface area contributed by atoms with Gasteiger partial charge in [-0.25, -0.2) is 4.99 Å². The van der Waals surface area contributed by atoms with Crippen LogP contribution in [0.2, 0.25) is 0 Å². The van der Waals surface area contributed by atoms with E-state index in [0.717, 1.165) is 11.0 Å². The maximum Gasteiger partial charge on any atom is 0.573 e. The van der Waals surface area contributed by atoms with Crippen LogP contribution in [0.5, 0.6) is 5.75 Å². The quantitative estimate of drug-likeness (QED) is 0.320. The summed E-state index contributed by atoms with van der Waals surface area (Å²) in [5.74, 6) is 0.459. The monoisotopic (exact) mass is 477 g/mol. The van der Waals surface area contributed by atoms with Gasteiger partial charge in [-0.15, -0.1) is 37.1 Å². The first-order valence-electron chi connectivity index (χ1n) is 7.29. The van der Waals surface area contributed by atoms with Gasteiger partial charge in [0.1, 0.15) is 23.6 Å². The Morgan fingerprint density at radius 2 is 1.81 bits per heavy atom. The first kappa shape index (κ1) is 19.9. The van der Waals surface area contributed by atoms with Gasteiger partial charge in [0.25, 0.3) is 0 Å². The van der Waals surface area contributed by atoms with Gasteiger partial charge in [-0.05, 0) is 36.4 Å². The zero-order chi connectivity index (χ0) is 17.9. The van der Waals surface area contributed by atoms with Gasteiger partial charge in [-0.2, -0.15) is 0 Å². The molecule has 0 spiro atoms. The topological polar surface area (TPSA) is 72.8 Å². The molecule has 0 aliphatic carbocycles. The zero-order valence-corrected chi connectivity index (χ0v) is 15.6. The number of benzene rings is 2. The Bertz CT molecular complexity index is 859. The maximum atomic E-state index is 12.1. The van der Waals surface area contributed by atoms with Crippen LogP contribution in [0.3, 0.4) is 0 Å². The lowest BCUT2D eigenvalue weighted by Gasteiger charge is -2.10. The van der Waals surface area contributed by atoms with Crippen molar-refractivity contribution in [3.05, 3.63) is 60.4 Å². The summed E-state index contributed by atoms with van der Waals surface area (Å²) in [4.78, 5) is 4.15. The summed E-state index contributed by atoms with van der Waals surface area (Å²) in [7, 11) is 0. The first-order chi connectivity index (χ1) is 11.9. The van der Waals surface area contributed by atoms with E-state index in [1.54, 1.807) is 0 Å². The number of anilines is 1. The largest absolute Gasteiger partial charge is 0.573 e. The molecule has 2 aromatic carbocycles. The fraction of sp³-hybridized carbons (Fsp3) is 0.118. The van der Waals surface area contributed by atoms with Crippen LogP contribution in [0.4, 0.5) is 18.9 Å². The Morgan fingerprint density at radius 3 is 2.46 bits per heavy atom. The minimum Gasteiger partial charge on any atom is -0.459 e. The smallest absolute Gasteiger partial charge is 0.459 e. The molecule has 0 aliphatic rings. The average molecular weight is 477 g/mol. The third kappa shape index (κ3) is 5.55. The molecule has 3 rings (SSSR count). The van der Waals surface area contributed by atoms with Gasteiger partial charge in [0.2, 0.25) is 0 Å². The number of hydrogen-bond acceptors (Lipinski definition) is 3. The number of furan rings is 1. The molecule has 0 bridgehead atoms. The van der Waals surface area contributed by atoms with Crippen LogP contribution in [0.25, 0.3) is 11.0 Å². The summed E-state index contributed by atoms with van der Waals surface area (Å²) >= 11 is 0. The van der Waals surface area contributed by atoms with E-state index in [-0.39, 0.29) is 42.2 Å². The highest BCUT2D eigenvalue weighted by atomic mass is 127. The van der Waals surface area contributed by atoms with E-state index < -0.39 is 6.36 Å². The van der Waals surface area contributed by atoms with Crippen molar-refractivity contribution in [2.75, 3.05) is 5.32 Å². The third-order valence-corrected chi connectivity index (χ3v) is 3.24. The Morgan fingerprint density at radius 1 is 1.12 bits per heavy atom. The molecule has 0 saturated carbocycles. The molecular formula is C17H15F3IN3O2. The lowest BCUT2D eigenvalue weighted by Crippen LogP contribution is -2.22. The van der Waals surface area contributed by atoms with Gasteiger partial charge >= 0.3 is 6.36 Å². The summed E-state index contributed by atoms with van der Waals surface area (Å²) in [5, 5.41) is 3.76. The highest BCUT2D eigenvalue weighted by Crippen LogP contribution is 2.24. The Hall–Kier alpha value is -2.43. The van der Waals surface area contributed by atoms with Crippen molar-refractivity contribution < 1.29 is 22.3 Å². The average Bonchev–Trinajstić information content (AvgIpc) is 2.96. The SMILES string of the molecule is I.NC(=NCc1cc2ccccc2o1)Nc1ccc(OC(F)(F)F)cc1. The normalized spacial score (nSPS) is 11.9. The van der Waals surface area contributed by atoms with Gasteiger partial charge in [0, 0.05) is 11.1 Å². The van der Waals surface area contributed by atoms with Gasteiger partial charge in [-0.1, -0.05) is 18.2 Å². The fourth-order valence-corrected chi connectivity index (χ4v) is 2.21. The number of nitrogens with zero attached hydrogens (tertiary/aromatic N) is 1. The van der Waals surface area contributed by atoms with Crippen molar-refractivity contribution in [2.24, 2.45) is 10.7 Å². The summed E-state index contributed by atoms with van der Waals surface area (Å²) < 4.78 is 45.7. The van der Waals surface area contributed by atoms with Crippen LogP contribution in [0.15, 0.2) is 64.0 Å². The molecule has 0 atom stereocenters. The van der Waals surface area contributed by atoms with E-state index in [1.165, 1.54) is 24.3 Å². The second-order valence-electron chi connectivity index (χ2n) is 5.15. The number of halogens is 4. The Labute approximate surface area is 164 Å². The van der Waals surface area contributed by atoms with E-state index in [9.17, 15) is 13.2 Å². The van der Waals surface area contributed by atoms with Crippen LogP contribution in [-0.4, -0.2) is 12.3 Å². The molecule has 0 radical (unpaired) electrons.